The van der Waals surface area contributed by atoms with Crippen LogP contribution in [0.25, 0.3) is 6.08 Å². The van der Waals surface area contributed by atoms with Gasteiger partial charge in [-0.15, -0.1) is 0 Å². The fourth-order valence-electron chi connectivity index (χ4n) is 2.24. The van der Waals surface area contributed by atoms with Crippen LogP contribution in [0.4, 0.5) is 5.69 Å². The molecule has 0 aliphatic heterocycles. The number of nitrogens with one attached hydrogen (secondary N) is 1. The zero-order chi connectivity index (χ0) is 15.7. The van der Waals surface area contributed by atoms with E-state index in [9.17, 15) is 9.59 Å². The summed E-state index contributed by atoms with van der Waals surface area (Å²) >= 11 is 0. The second-order valence-electron chi connectivity index (χ2n) is 5.06. The Kier molecular flexibility index (Phi) is 7.23. The summed E-state index contributed by atoms with van der Waals surface area (Å²) in [7, 11) is 0. The summed E-state index contributed by atoms with van der Waals surface area (Å²) in [5.74, 6) is -0.910. The number of aliphatic carboxylic acids is 1. The second-order valence-corrected chi connectivity index (χ2v) is 5.06. The number of hydrogen-bond donors (Lipinski definition) is 2. The normalized spacial score (nSPS) is 11.0. The maximum Gasteiger partial charge on any atom is 0.328 e. The molecule has 1 aromatic carbocycles. The van der Waals surface area contributed by atoms with E-state index in [0.717, 1.165) is 37.3 Å². The van der Waals surface area contributed by atoms with E-state index in [1.54, 1.807) is 18.2 Å². The van der Waals surface area contributed by atoms with E-state index >= 15 is 0 Å². The van der Waals surface area contributed by atoms with Crippen LogP contribution >= 0.6 is 0 Å². The number of benzene rings is 1. The predicted octanol–water partition coefficient (Wildman–Crippen LogP) is 3.94. The molecule has 4 nitrogen and oxygen atoms in total. The van der Waals surface area contributed by atoms with Crippen molar-refractivity contribution in [3.05, 3.63) is 35.9 Å². The van der Waals surface area contributed by atoms with Gasteiger partial charge < -0.3 is 10.4 Å². The Morgan fingerprint density at radius 2 is 1.90 bits per heavy atom. The molecule has 0 fully saturated rings. The van der Waals surface area contributed by atoms with Crippen molar-refractivity contribution in [1.29, 1.82) is 0 Å². The van der Waals surface area contributed by atoms with Crippen LogP contribution in [-0.4, -0.2) is 17.0 Å². The lowest BCUT2D eigenvalue weighted by Gasteiger charge is -2.15. The number of carbonyl (C=O) groups is 2. The van der Waals surface area contributed by atoms with Crippen LogP contribution in [0.3, 0.4) is 0 Å². The van der Waals surface area contributed by atoms with E-state index in [0.29, 0.717) is 5.69 Å². The van der Waals surface area contributed by atoms with Crippen molar-refractivity contribution in [2.24, 2.45) is 5.92 Å². The highest BCUT2D eigenvalue weighted by atomic mass is 16.4. The van der Waals surface area contributed by atoms with Gasteiger partial charge in [0.2, 0.25) is 5.91 Å². The van der Waals surface area contributed by atoms with Gasteiger partial charge in [0.1, 0.15) is 0 Å². The topological polar surface area (TPSA) is 66.4 Å². The van der Waals surface area contributed by atoms with Gasteiger partial charge in [0.05, 0.1) is 0 Å². The number of carbonyl (C=O) groups excluding carboxylic acids is 1. The summed E-state index contributed by atoms with van der Waals surface area (Å²) < 4.78 is 0. The van der Waals surface area contributed by atoms with E-state index in [1.165, 1.54) is 6.08 Å². The van der Waals surface area contributed by atoms with Crippen LogP contribution in [0.5, 0.6) is 0 Å². The van der Waals surface area contributed by atoms with Crippen molar-refractivity contribution in [3.8, 4) is 0 Å². The average molecular weight is 289 g/mol. The molecule has 0 aliphatic rings. The first kappa shape index (κ1) is 17.0. The Hall–Kier alpha value is -2.10. The molecule has 0 atom stereocenters. The molecule has 21 heavy (non-hydrogen) atoms. The van der Waals surface area contributed by atoms with Crippen LogP contribution in [0, 0.1) is 5.92 Å². The third-order valence-corrected chi connectivity index (χ3v) is 3.22. The molecule has 0 aliphatic carbocycles. The van der Waals surface area contributed by atoms with Crippen molar-refractivity contribution >= 4 is 23.6 Å². The number of carboxylic acid groups (broad SMARTS) is 1. The molecule has 0 aromatic heterocycles. The van der Waals surface area contributed by atoms with E-state index in [1.807, 2.05) is 6.07 Å². The third kappa shape index (κ3) is 6.25. The Balaban J connectivity index is 2.75. The Bertz CT molecular complexity index is 503. The zero-order valence-electron chi connectivity index (χ0n) is 12.6. The molecule has 0 spiro atoms. The fourth-order valence-corrected chi connectivity index (χ4v) is 2.24. The number of amides is 1. The van der Waals surface area contributed by atoms with Gasteiger partial charge in [0.25, 0.3) is 0 Å². The van der Waals surface area contributed by atoms with E-state index in [4.69, 9.17) is 5.11 Å². The molecule has 1 amide bonds. The molecule has 1 aromatic rings. The molecule has 2 N–H and O–H groups in total. The van der Waals surface area contributed by atoms with Crippen LogP contribution in [-0.2, 0) is 9.59 Å². The summed E-state index contributed by atoms with van der Waals surface area (Å²) in [5.41, 5.74) is 1.45. The monoisotopic (exact) mass is 289 g/mol. The van der Waals surface area contributed by atoms with Crippen LogP contribution in [0.15, 0.2) is 30.3 Å². The van der Waals surface area contributed by atoms with Crippen molar-refractivity contribution in [1.82, 2.24) is 0 Å². The summed E-state index contributed by atoms with van der Waals surface area (Å²) in [6.07, 6.45) is 6.33. The highest BCUT2D eigenvalue weighted by Gasteiger charge is 2.16. The van der Waals surface area contributed by atoms with Crippen LogP contribution in [0.1, 0.15) is 45.1 Å². The van der Waals surface area contributed by atoms with Gasteiger partial charge in [-0.25, -0.2) is 4.79 Å². The largest absolute Gasteiger partial charge is 0.478 e. The molecular formula is C17H23NO3. The van der Waals surface area contributed by atoms with Crippen LogP contribution in [0.2, 0.25) is 0 Å². The van der Waals surface area contributed by atoms with Crippen molar-refractivity contribution in [3.63, 3.8) is 0 Å². The molecule has 0 heterocycles. The average Bonchev–Trinajstić information content (AvgIpc) is 2.45. The Morgan fingerprint density at radius 3 is 2.48 bits per heavy atom. The number of rotatable bonds is 8. The first-order chi connectivity index (χ1) is 10.1. The summed E-state index contributed by atoms with van der Waals surface area (Å²) in [5, 5.41) is 11.5. The lowest BCUT2D eigenvalue weighted by atomic mass is 9.97. The molecule has 0 radical (unpaired) electrons. The maximum atomic E-state index is 12.2. The van der Waals surface area contributed by atoms with E-state index in [-0.39, 0.29) is 11.8 Å². The quantitative estimate of drug-likeness (QED) is 0.712. The van der Waals surface area contributed by atoms with Gasteiger partial charge in [-0.2, -0.15) is 0 Å². The van der Waals surface area contributed by atoms with Gasteiger partial charge in [-0.3, -0.25) is 4.79 Å². The van der Waals surface area contributed by atoms with Gasteiger partial charge in [-0.1, -0.05) is 38.8 Å². The van der Waals surface area contributed by atoms with Crippen molar-refractivity contribution in [2.45, 2.75) is 39.5 Å². The maximum absolute atomic E-state index is 12.2. The molecule has 0 unspecified atom stereocenters. The fraction of sp³-hybridized carbons (Fsp3) is 0.412. The van der Waals surface area contributed by atoms with Gasteiger partial charge in [-0.05, 0) is 36.6 Å². The van der Waals surface area contributed by atoms with Gasteiger partial charge in [0, 0.05) is 17.7 Å². The zero-order valence-corrected chi connectivity index (χ0v) is 12.6. The van der Waals surface area contributed by atoms with Crippen LogP contribution < -0.4 is 5.32 Å². The summed E-state index contributed by atoms with van der Waals surface area (Å²) in [6, 6.07) is 7.17. The molecule has 0 bridgehead atoms. The lowest BCUT2D eigenvalue weighted by molar-refractivity contribution is -0.131. The Morgan fingerprint density at radius 1 is 1.24 bits per heavy atom. The SMILES string of the molecule is CCCC(CCC)C(=O)Nc1cccc(/C=C/C(=O)O)c1. The number of carboxylic acids is 1. The summed E-state index contributed by atoms with van der Waals surface area (Å²) in [6.45, 7) is 4.15. The molecule has 0 saturated heterocycles. The molecular weight excluding hydrogens is 266 g/mol. The molecule has 114 valence electrons. The minimum atomic E-state index is -0.990. The lowest BCUT2D eigenvalue weighted by Crippen LogP contribution is -2.22. The first-order valence-corrected chi connectivity index (χ1v) is 7.38. The highest BCUT2D eigenvalue weighted by Crippen LogP contribution is 2.18. The van der Waals surface area contributed by atoms with Crippen molar-refractivity contribution < 1.29 is 14.7 Å². The predicted molar refractivity (Wildman–Crippen MR) is 85.0 cm³/mol. The number of hydrogen-bond acceptors (Lipinski definition) is 2. The molecule has 1 rings (SSSR count). The second kappa shape index (κ2) is 8.95. The first-order valence-electron chi connectivity index (χ1n) is 7.38. The number of anilines is 1. The smallest absolute Gasteiger partial charge is 0.328 e. The highest BCUT2D eigenvalue weighted by molar-refractivity contribution is 5.93. The molecule has 4 heteroatoms. The van der Waals surface area contributed by atoms with E-state index < -0.39 is 5.97 Å². The minimum absolute atomic E-state index is 0.0399. The van der Waals surface area contributed by atoms with Crippen molar-refractivity contribution in [2.75, 3.05) is 5.32 Å². The molecule has 0 saturated carbocycles. The van der Waals surface area contributed by atoms with E-state index in [2.05, 4.69) is 19.2 Å². The summed E-state index contributed by atoms with van der Waals surface area (Å²) in [4.78, 5) is 22.8. The standard InChI is InChI=1S/C17H23NO3/c1-3-6-14(7-4-2)17(21)18-15-9-5-8-13(12-15)10-11-16(19)20/h5,8-12,14H,3-4,6-7H2,1-2H3,(H,18,21)(H,19,20)/b11-10+. The third-order valence-electron chi connectivity index (χ3n) is 3.22. The minimum Gasteiger partial charge on any atom is -0.478 e. The Labute approximate surface area is 125 Å². The van der Waals surface area contributed by atoms with Gasteiger partial charge in [0.15, 0.2) is 0 Å². The van der Waals surface area contributed by atoms with Gasteiger partial charge >= 0.3 is 5.97 Å².